The summed E-state index contributed by atoms with van der Waals surface area (Å²) in [4.78, 5) is 20.2. The van der Waals surface area contributed by atoms with Crippen LogP contribution in [0.2, 0.25) is 0 Å². The maximum Gasteiger partial charge on any atom is 0.272 e. The summed E-state index contributed by atoms with van der Waals surface area (Å²) >= 11 is 0. The zero-order valence-corrected chi connectivity index (χ0v) is 3.52. The maximum absolute atomic E-state index is 10.1. The molecule has 0 heterocycles. The number of rotatable bonds is 0. The predicted octanol–water partition coefficient (Wildman–Crippen LogP) is -0.468. The lowest BCUT2D eigenvalue weighted by atomic mass is 10.3. The van der Waals surface area contributed by atoms with Crippen molar-refractivity contribution in [2.24, 2.45) is 0 Å². The highest BCUT2D eigenvalue weighted by atomic mass is 16.2. The molecule has 0 fully saturated rings. The Balaban J connectivity index is 2.87. The smallest absolute Gasteiger partial charge is 0.272 e. The summed E-state index contributed by atoms with van der Waals surface area (Å²) in [6.07, 6.45) is 0.124. The molecular weight excluding hydrogens is 92.1 g/mol. The van der Waals surface area contributed by atoms with Crippen LogP contribution in [-0.2, 0) is 9.59 Å². The standard InChI is InChI=1S/C5H2O2/c6-4-2-1-3-5(4)7/h2H2. The number of carbonyl (C=O) groups excluding carboxylic acids is 2. The summed E-state index contributed by atoms with van der Waals surface area (Å²) in [6.45, 7) is 0. The van der Waals surface area contributed by atoms with Gasteiger partial charge in [-0.1, -0.05) is 5.92 Å². The van der Waals surface area contributed by atoms with Gasteiger partial charge in [-0.3, -0.25) is 9.59 Å². The minimum Gasteiger partial charge on any atom is -0.289 e. The summed E-state index contributed by atoms with van der Waals surface area (Å²) in [5.41, 5.74) is 0. The van der Waals surface area contributed by atoms with E-state index in [1.54, 1.807) is 0 Å². The van der Waals surface area contributed by atoms with Gasteiger partial charge in [0.2, 0.25) is 5.78 Å². The largest absolute Gasteiger partial charge is 0.289 e. The third kappa shape index (κ3) is 0.520. The van der Waals surface area contributed by atoms with Crippen molar-refractivity contribution in [2.75, 3.05) is 0 Å². The molecule has 0 radical (unpaired) electrons. The zero-order valence-electron chi connectivity index (χ0n) is 3.52. The Kier molecular flexibility index (Phi) is 0.694. The first-order chi connectivity index (χ1) is 3.30. The molecule has 1 aliphatic carbocycles. The van der Waals surface area contributed by atoms with Crippen molar-refractivity contribution in [1.29, 1.82) is 0 Å². The van der Waals surface area contributed by atoms with Crippen molar-refractivity contribution in [2.45, 2.75) is 6.42 Å². The molecule has 2 heteroatoms. The van der Waals surface area contributed by atoms with Gasteiger partial charge in [-0.25, -0.2) is 0 Å². The lowest BCUT2D eigenvalue weighted by Crippen LogP contribution is -2.03. The summed E-state index contributed by atoms with van der Waals surface area (Å²) in [5, 5.41) is 0. The second-order valence-electron chi connectivity index (χ2n) is 1.23. The molecule has 1 rings (SSSR count). The summed E-state index contributed by atoms with van der Waals surface area (Å²) in [7, 11) is 0. The van der Waals surface area contributed by atoms with Crippen LogP contribution in [0.5, 0.6) is 0 Å². The second kappa shape index (κ2) is 1.19. The minimum atomic E-state index is -0.542. The van der Waals surface area contributed by atoms with Gasteiger partial charge in [-0.2, -0.15) is 0 Å². The molecule has 0 amide bonds. The fraction of sp³-hybridized carbons (Fsp3) is 0.200. The molecule has 34 valence electrons. The van der Waals surface area contributed by atoms with Crippen LogP contribution in [0.4, 0.5) is 0 Å². The topological polar surface area (TPSA) is 34.1 Å². The molecule has 7 heavy (non-hydrogen) atoms. The van der Waals surface area contributed by atoms with E-state index in [-0.39, 0.29) is 6.42 Å². The minimum absolute atomic E-state index is 0.124. The summed E-state index contributed by atoms with van der Waals surface area (Å²) in [5.74, 6) is 3.56. The lowest BCUT2D eigenvalue weighted by Gasteiger charge is -1.71. The third-order valence-corrected chi connectivity index (χ3v) is 0.704. The van der Waals surface area contributed by atoms with E-state index < -0.39 is 11.6 Å². The van der Waals surface area contributed by atoms with Crippen molar-refractivity contribution < 1.29 is 9.59 Å². The number of carbonyl (C=O) groups is 2. The average molecular weight is 94.1 g/mol. The fourth-order valence-corrected chi connectivity index (χ4v) is 0.355. The molecule has 0 aromatic heterocycles. The molecule has 0 spiro atoms. The Labute approximate surface area is 40.5 Å². The Bertz CT molecular complexity index is 180. The van der Waals surface area contributed by atoms with Crippen molar-refractivity contribution >= 4 is 11.6 Å². The predicted molar refractivity (Wildman–Crippen MR) is 22.4 cm³/mol. The molecule has 1 aliphatic rings. The highest BCUT2D eigenvalue weighted by Gasteiger charge is 2.12. The van der Waals surface area contributed by atoms with E-state index in [9.17, 15) is 9.59 Å². The summed E-state index contributed by atoms with van der Waals surface area (Å²) < 4.78 is 0. The lowest BCUT2D eigenvalue weighted by molar-refractivity contribution is -0.132. The van der Waals surface area contributed by atoms with Gasteiger partial charge >= 0.3 is 0 Å². The molecule has 0 aliphatic heterocycles. The van der Waals surface area contributed by atoms with E-state index in [2.05, 4.69) is 11.8 Å². The first-order valence-corrected chi connectivity index (χ1v) is 1.87. The Morgan fingerprint density at radius 3 is 2.29 bits per heavy atom. The highest BCUT2D eigenvalue weighted by Crippen LogP contribution is 1.88. The van der Waals surface area contributed by atoms with E-state index >= 15 is 0 Å². The maximum atomic E-state index is 10.1. The van der Waals surface area contributed by atoms with Gasteiger partial charge in [0, 0.05) is 0 Å². The van der Waals surface area contributed by atoms with Crippen LogP contribution in [0.3, 0.4) is 0 Å². The SMILES string of the molecule is O=C1C#CCC1=O. The Morgan fingerprint density at radius 1 is 1.43 bits per heavy atom. The molecule has 0 aromatic carbocycles. The van der Waals surface area contributed by atoms with Crippen LogP contribution in [0.1, 0.15) is 6.42 Å². The quantitative estimate of drug-likeness (QED) is 0.231. The van der Waals surface area contributed by atoms with Gasteiger partial charge in [-0.15, -0.1) is 0 Å². The molecule has 0 saturated heterocycles. The molecule has 0 atom stereocenters. The van der Waals surface area contributed by atoms with Gasteiger partial charge < -0.3 is 0 Å². The molecule has 0 saturated carbocycles. The van der Waals surface area contributed by atoms with Gasteiger partial charge in [0.25, 0.3) is 5.78 Å². The van der Waals surface area contributed by atoms with Crippen molar-refractivity contribution in [1.82, 2.24) is 0 Å². The normalized spacial score (nSPS) is 16.6. The van der Waals surface area contributed by atoms with Crippen LogP contribution >= 0.6 is 0 Å². The number of Topliss-reactive ketones (excluding diaryl/α,β-unsaturated/α-hetero) is 2. The van der Waals surface area contributed by atoms with Crippen LogP contribution < -0.4 is 0 Å². The van der Waals surface area contributed by atoms with E-state index in [4.69, 9.17) is 0 Å². The molecule has 0 bridgehead atoms. The van der Waals surface area contributed by atoms with Crippen LogP contribution in [0, 0.1) is 11.8 Å². The zero-order chi connectivity index (χ0) is 5.28. The first-order valence-electron chi connectivity index (χ1n) is 1.87. The van der Waals surface area contributed by atoms with Gasteiger partial charge in [0.05, 0.1) is 6.42 Å². The fourth-order valence-electron chi connectivity index (χ4n) is 0.355. The van der Waals surface area contributed by atoms with Crippen molar-refractivity contribution in [3.05, 3.63) is 0 Å². The van der Waals surface area contributed by atoms with Crippen LogP contribution in [-0.4, -0.2) is 11.6 Å². The molecule has 2 nitrogen and oxygen atoms in total. The average Bonchev–Trinajstić information content (AvgIpc) is 1.91. The van der Waals surface area contributed by atoms with Gasteiger partial charge in [0.15, 0.2) is 0 Å². The third-order valence-electron chi connectivity index (χ3n) is 0.704. The van der Waals surface area contributed by atoms with Gasteiger partial charge in [-0.05, 0) is 5.92 Å². The monoisotopic (exact) mass is 94.0 g/mol. The number of ketones is 2. The molecule has 0 N–H and O–H groups in total. The Morgan fingerprint density at radius 2 is 2.14 bits per heavy atom. The highest BCUT2D eigenvalue weighted by molar-refractivity contribution is 6.46. The van der Waals surface area contributed by atoms with Gasteiger partial charge in [0.1, 0.15) is 0 Å². The number of hydrogen-bond donors (Lipinski definition) is 0. The van der Waals surface area contributed by atoms with Crippen LogP contribution in [0.15, 0.2) is 0 Å². The first kappa shape index (κ1) is 4.07. The summed E-state index contributed by atoms with van der Waals surface area (Å²) in [6, 6.07) is 0. The second-order valence-corrected chi connectivity index (χ2v) is 1.23. The number of hydrogen-bond acceptors (Lipinski definition) is 2. The van der Waals surface area contributed by atoms with E-state index in [1.807, 2.05) is 0 Å². The molecular formula is C5H2O2. The van der Waals surface area contributed by atoms with Crippen LogP contribution in [0.25, 0.3) is 0 Å². The molecule has 0 aromatic rings. The van der Waals surface area contributed by atoms with E-state index in [0.29, 0.717) is 0 Å². The van der Waals surface area contributed by atoms with E-state index in [1.165, 1.54) is 0 Å². The van der Waals surface area contributed by atoms with Crippen molar-refractivity contribution in [3.8, 4) is 11.8 Å². The van der Waals surface area contributed by atoms with Crippen molar-refractivity contribution in [3.63, 3.8) is 0 Å². The Hall–Kier alpha value is -1.10. The van der Waals surface area contributed by atoms with E-state index in [0.717, 1.165) is 0 Å². The molecule has 0 unspecified atom stereocenters.